The predicted octanol–water partition coefficient (Wildman–Crippen LogP) is 1.60. The lowest BCUT2D eigenvalue weighted by Gasteiger charge is -2.27. The van der Waals surface area contributed by atoms with Crippen LogP contribution in [0.25, 0.3) is 11.2 Å². The highest BCUT2D eigenvalue weighted by Gasteiger charge is 2.52. The van der Waals surface area contributed by atoms with E-state index in [2.05, 4.69) is 59.7 Å². The second-order valence-electron chi connectivity index (χ2n) is 10.4. The molecule has 43 heavy (non-hydrogen) atoms. The van der Waals surface area contributed by atoms with Crippen molar-refractivity contribution in [2.45, 2.75) is 68.9 Å². The number of anilines is 2. The topological polar surface area (TPSA) is 199 Å². The summed E-state index contributed by atoms with van der Waals surface area (Å²) < 4.78 is 19.8. The summed E-state index contributed by atoms with van der Waals surface area (Å²) in [5.74, 6) is 1.07. The van der Waals surface area contributed by atoms with Crippen LogP contribution < -0.4 is 16.4 Å². The first kappa shape index (κ1) is 29.1. The Morgan fingerprint density at radius 1 is 1.14 bits per heavy atom. The third kappa shape index (κ3) is 6.23. The summed E-state index contributed by atoms with van der Waals surface area (Å²) in [6.45, 7) is 1.04. The zero-order chi connectivity index (χ0) is 29.9. The van der Waals surface area contributed by atoms with Crippen LogP contribution in [-0.4, -0.2) is 77.0 Å². The monoisotopic (exact) mass is 703 g/mol. The van der Waals surface area contributed by atoms with Crippen molar-refractivity contribution in [2.75, 3.05) is 10.6 Å². The maximum Gasteiger partial charge on any atom is 0.293 e. The average Bonchev–Trinajstić information content (AvgIpc) is 3.71. The van der Waals surface area contributed by atoms with Gasteiger partial charge in [-0.15, -0.1) is 10.2 Å². The van der Waals surface area contributed by atoms with Crippen molar-refractivity contribution >= 4 is 58.5 Å². The van der Waals surface area contributed by atoms with Gasteiger partial charge in [0.1, 0.15) is 0 Å². The Kier molecular flexibility index (Phi) is 8.61. The van der Waals surface area contributed by atoms with E-state index < -0.39 is 24.5 Å². The van der Waals surface area contributed by atoms with Crippen LogP contribution in [-0.2, 0) is 37.4 Å². The number of benzene rings is 1. The van der Waals surface area contributed by atoms with Crippen LogP contribution in [0.2, 0.25) is 0 Å². The molecule has 1 aliphatic carbocycles. The largest absolute Gasteiger partial charge is 0.457 e. The Balaban J connectivity index is 1.38. The first-order valence-corrected chi connectivity index (χ1v) is 14.8. The zero-order valence-corrected chi connectivity index (χ0v) is 25.3. The quantitative estimate of drug-likeness (QED) is 0.150. The molecule has 0 spiro atoms. The number of hydrogen-bond acceptors (Lipinski definition) is 14. The molecule has 226 valence electrons. The number of hydrogen-bond donors (Lipinski definition) is 3. The number of aromatic nitrogens is 8. The highest BCUT2D eigenvalue weighted by Crippen LogP contribution is 2.42. The Morgan fingerprint density at radius 2 is 1.93 bits per heavy atom. The van der Waals surface area contributed by atoms with Crippen LogP contribution in [0.4, 0.5) is 11.8 Å². The lowest BCUT2D eigenvalue weighted by molar-refractivity contribution is -0.151. The van der Waals surface area contributed by atoms with Crippen molar-refractivity contribution in [1.29, 1.82) is 0 Å². The molecule has 2 fully saturated rings. The molecule has 4 heterocycles. The number of tetrazole rings is 1. The molecule has 2 aliphatic rings. The van der Waals surface area contributed by atoms with E-state index in [0.29, 0.717) is 29.5 Å². The fourth-order valence-electron chi connectivity index (χ4n) is 5.48. The minimum absolute atomic E-state index is 0.156. The van der Waals surface area contributed by atoms with E-state index in [9.17, 15) is 9.59 Å². The minimum Gasteiger partial charge on any atom is -0.457 e. The van der Waals surface area contributed by atoms with Gasteiger partial charge in [0.2, 0.25) is 11.8 Å². The highest BCUT2D eigenvalue weighted by molar-refractivity contribution is 14.1. The zero-order valence-electron chi connectivity index (χ0n) is 23.1. The van der Waals surface area contributed by atoms with Crippen LogP contribution in [0.5, 0.6) is 0 Å². The van der Waals surface area contributed by atoms with Crippen molar-refractivity contribution in [2.24, 2.45) is 12.8 Å². The number of fused-ring (bicyclic) bond motifs is 1. The molecule has 0 amide bonds. The molecule has 4 N–H and O–H groups in total. The molecule has 4 atom stereocenters. The second-order valence-corrected chi connectivity index (χ2v) is 11.7. The molecule has 16 nitrogen and oxygen atoms in total. The van der Waals surface area contributed by atoms with Gasteiger partial charge < -0.3 is 30.6 Å². The van der Waals surface area contributed by atoms with E-state index in [1.807, 2.05) is 18.2 Å². The molecule has 0 radical (unpaired) electrons. The van der Waals surface area contributed by atoms with Gasteiger partial charge in [-0.05, 0) is 71.2 Å². The third-order valence-corrected chi connectivity index (χ3v) is 8.21. The van der Waals surface area contributed by atoms with Gasteiger partial charge in [0, 0.05) is 22.2 Å². The van der Waals surface area contributed by atoms with Gasteiger partial charge in [-0.25, -0.2) is 4.98 Å². The fraction of sp³-hybridized carbons (Fsp3) is 0.462. The van der Waals surface area contributed by atoms with Crippen molar-refractivity contribution in [3.63, 3.8) is 0 Å². The van der Waals surface area contributed by atoms with E-state index in [1.54, 1.807) is 11.6 Å². The Hall–Kier alpha value is -3.97. The van der Waals surface area contributed by atoms with Crippen molar-refractivity contribution < 1.29 is 23.8 Å². The van der Waals surface area contributed by atoms with Crippen LogP contribution in [0.3, 0.4) is 0 Å². The predicted molar refractivity (Wildman–Crippen MR) is 159 cm³/mol. The van der Waals surface area contributed by atoms with Gasteiger partial charge in [-0.3, -0.25) is 14.2 Å². The Morgan fingerprint density at radius 3 is 2.65 bits per heavy atom. The maximum atomic E-state index is 11.6. The maximum absolute atomic E-state index is 11.6. The second kappa shape index (κ2) is 12.7. The van der Waals surface area contributed by atoms with Gasteiger partial charge in [0.25, 0.3) is 12.9 Å². The molecule has 0 bridgehead atoms. The van der Waals surface area contributed by atoms with Crippen LogP contribution in [0, 0.1) is 3.57 Å². The molecule has 1 saturated carbocycles. The van der Waals surface area contributed by atoms with Crippen LogP contribution >= 0.6 is 22.6 Å². The lowest BCUT2D eigenvalue weighted by Crippen LogP contribution is -2.34. The van der Waals surface area contributed by atoms with Crippen LogP contribution in [0.1, 0.15) is 49.4 Å². The number of aryl methyl sites for hydroxylation is 1. The van der Waals surface area contributed by atoms with E-state index in [4.69, 9.17) is 29.9 Å². The number of nitrogens with zero attached hydrogens (tertiary/aromatic N) is 8. The van der Waals surface area contributed by atoms with Gasteiger partial charge in [0.05, 0.1) is 13.4 Å². The molecule has 17 heteroatoms. The van der Waals surface area contributed by atoms with E-state index >= 15 is 0 Å². The first-order valence-electron chi connectivity index (χ1n) is 13.8. The number of halogens is 1. The summed E-state index contributed by atoms with van der Waals surface area (Å²) in [7, 11) is 1.59. The average molecular weight is 704 g/mol. The van der Waals surface area contributed by atoms with E-state index in [-0.39, 0.29) is 30.9 Å². The lowest BCUT2D eigenvalue weighted by atomic mass is 9.92. The fourth-order valence-corrected chi connectivity index (χ4v) is 6.08. The molecule has 0 unspecified atom stereocenters. The summed E-state index contributed by atoms with van der Waals surface area (Å²) in [6, 6.07) is 8.48. The number of ether oxygens (including phenoxy) is 3. The molecule has 3 aromatic heterocycles. The Bertz CT molecular complexity index is 1590. The standard InChI is InChI=1S/C26H30IN11O5/c1-37-35-23(34-36-37)20-19(41-12-39)21(42-13-40)25(43-20)38-11-30-18-22(29-10-14-3-2-4-15(27)9-14)32-26(33-24(18)38)31-17-7-5-16(28)6-8-17/h2-4,9,11-13,16-17,19-21,25H,5-8,10,28H2,1H3,(H2,29,31,32,33)/t16?,17?,19-,20+,21-,25-/m1/s1. The van der Waals surface area contributed by atoms with Crippen molar-refractivity contribution in [3.8, 4) is 0 Å². The molecular formula is C26H30IN11O5. The first-order chi connectivity index (χ1) is 20.9. The summed E-state index contributed by atoms with van der Waals surface area (Å²) in [5, 5.41) is 18.9. The van der Waals surface area contributed by atoms with Gasteiger partial charge in [0.15, 0.2) is 41.5 Å². The molecule has 1 saturated heterocycles. The van der Waals surface area contributed by atoms with Crippen molar-refractivity contribution in [1.82, 2.24) is 39.7 Å². The Labute approximate surface area is 259 Å². The molecule has 1 aliphatic heterocycles. The number of nitrogens with two attached hydrogens (primary N) is 1. The highest BCUT2D eigenvalue weighted by atomic mass is 127. The van der Waals surface area contributed by atoms with Gasteiger partial charge in [-0.1, -0.05) is 12.1 Å². The number of rotatable bonds is 11. The third-order valence-electron chi connectivity index (χ3n) is 7.54. The van der Waals surface area contributed by atoms with Gasteiger partial charge in [-0.2, -0.15) is 14.8 Å². The number of carbonyl (C=O) groups is 2. The molecule has 1 aromatic carbocycles. The minimum atomic E-state index is -1.07. The summed E-state index contributed by atoms with van der Waals surface area (Å²) in [5.41, 5.74) is 8.08. The number of imidazole rings is 1. The van der Waals surface area contributed by atoms with Crippen LogP contribution in [0.15, 0.2) is 30.6 Å². The normalized spacial score (nSPS) is 25.4. The molecule has 4 aromatic rings. The number of carbonyl (C=O) groups excluding carboxylic acids is 2. The SMILES string of the molecule is Cn1nnc([C@H]2O[C@@H](n3cnc4c(NCc5cccc(I)c5)nc(NC5CCC(N)CC5)nc43)[C@H](OC=O)[C@@H]2OC=O)n1. The summed E-state index contributed by atoms with van der Waals surface area (Å²) >= 11 is 2.27. The van der Waals surface area contributed by atoms with Gasteiger partial charge >= 0.3 is 0 Å². The number of nitrogens with one attached hydrogen (secondary N) is 2. The van der Waals surface area contributed by atoms with E-state index in [0.717, 1.165) is 34.8 Å². The molecule has 6 rings (SSSR count). The van der Waals surface area contributed by atoms with E-state index in [1.165, 1.54) is 11.1 Å². The van der Waals surface area contributed by atoms with Crippen molar-refractivity contribution in [3.05, 3.63) is 45.6 Å². The smallest absolute Gasteiger partial charge is 0.293 e. The summed E-state index contributed by atoms with van der Waals surface area (Å²) in [4.78, 5) is 38.5. The summed E-state index contributed by atoms with van der Waals surface area (Å²) in [6.07, 6.45) is 1.04. The molecular weight excluding hydrogens is 673 g/mol.